The van der Waals surface area contributed by atoms with E-state index in [0.29, 0.717) is 12.1 Å². The van der Waals surface area contributed by atoms with Gasteiger partial charge in [-0.25, -0.2) is 4.39 Å². The first-order valence-electron chi connectivity index (χ1n) is 5.61. The molecule has 0 saturated carbocycles. The highest BCUT2D eigenvalue weighted by molar-refractivity contribution is 5.95. The van der Waals surface area contributed by atoms with E-state index in [9.17, 15) is 9.18 Å². The molecule has 0 fully saturated rings. The minimum Gasteiger partial charge on any atom is -0.348 e. The average molecular weight is 247 g/mol. The zero-order valence-corrected chi connectivity index (χ0v) is 10.2. The summed E-state index contributed by atoms with van der Waals surface area (Å²) in [6, 6.07) is 4.17. The summed E-state index contributed by atoms with van der Waals surface area (Å²) in [5.41, 5.74) is 2.93. The van der Waals surface area contributed by atoms with Crippen LogP contribution in [0.25, 0.3) is 0 Å². The number of carbonyl (C=O) groups excluding carboxylic acids is 1. The second-order valence-electron chi connectivity index (χ2n) is 4.16. The molecule has 1 aromatic heterocycles. The Balaban J connectivity index is 2.08. The van der Waals surface area contributed by atoms with E-state index in [0.717, 1.165) is 16.8 Å². The van der Waals surface area contributed by atoms with E-state index >= 15 is 0 Å². The van der Waals surface area contributed by atoms with Gasteiger partial charge in [0.2, 0.25) is 0 Å². The number of H-pyrrole nitrogens is 1. The van der Waals surface area contributed by atoms with Crippen LogP contribution in [0, 0.1) is 19.7 Å². The third-order valence-electron chi connectivity index (χ3n) is 2.82. The van der Waals surface area contributed by atoms with E-state index in [1.165, 1.54) is 12.1 Å². The van der Waals surface area contributed by atoms with E-state index in [-0.39, 0.29) is 5.91 Å². The number of aromatic nitrogens is 2. The molecule has 2 aromatic rings. The fraction of sp³-hybridized carbons (Fsp3) is 0.231. The maximum absolute atomic E-state index is 13.1. The molecule has 0 saturated heterocycles. The third kappa shape index (κ3) is 2.56. The SMILES string of the molecule is Cc1ccc(F)cc1C(=O)NCc1cn[nH]c1C. The van der Waals surface area contributed by atoms with Crippen LogP contribution in [-0.2, 0) is 6.54 Å². The van der Waals surface area contributed by atoms with Gasteiger partial charge >= 0.3 is 0 Å². The largest absolute Gasteiger partial charge is 0.348 e. The van der Waals surface area contributed by atoms with Crippen LogP contribution in [0.4, 0.5) is 4.39 Å². The summed E-state index contributed by atoms with van der Waals surface area (Å²) in [6.45, 7) is 4.02. The summed E-state index contributed by atoms with van der Waals surface area (Å²) in [7, 11) is 0. The highest BCUT2D eigenvalue weighted by Gasteiger charge is 2.10. The van der Waals surface area contributed by atoms with E-state index < -0.39 is 5.82 Å². The van der Waals surface area contributed by atoms with Gasteiger partial charge in [-0.3, -0.25) is 9.89 Å². The molecule has 0 aliphatic heterocycles. The summed E-state index contributed by atoms with van der Waals surface area (Å²) in [5.74, 6) is -0.696. The zero-order chi connectivity index (χ0) is 13.1. The molecule has 2 N–H and O–H groups in total. The van der Waals surface area contributed by atoms with Crippen LogP contribution < -0.4 is 5.32 Å². The van der Waals surface area contributed by atoms with Crippen LogP contribution in [0.2, 0.25) is 0 Å². The summed E-state index contributed by atoms with van der Waals surface area (Å²) >= 11 is 0. The predicted molar refractivity (Wildman–Crippen MR) is 65.6 cm³/mol. The molecule has 18 heavy (non-hydrogen) atoms. The van der Waals surface area contributed by atoms with Crippen LogP contribution >= 0.6 is 0 Å². The first-order valence-corrected chi connectivity index (χ1v) is 5.61. The van der Waals surface area contributed by atoms with Gasteiger partial charge in [0.25, 0.3) is 5.91 Å². The first kappa shape index (κ1) is 12.3. The average Bonchev–Trinajstić information content (AvgIpc) is 2.75. The van der Waals surface area contributed by atoms with E-state index in [4.69, 9.17) is 0 Å². The zero-order valence-electron chi connectivity index (χ0n) is 10.2. The van der Waals surface area contributed by atoms with Gasteiger partial charge in [-0.1, -0.05) is 6.07 Å². The molecule has 2 rings (SSSR count). The molecular weight excluding hydrogens is 233 g/mol. The molecule has 0 atom stereocenters. The molecule has 0 bridgehead atoms. The number of nitrogens with zero attached hydrogens (tertiary/aromatic N) is 1. The Labute approximate surface area is 104 Å². The summed E-state index contributed by atoms with van der Waals surface area (Å²) < 4.78 is 13.1. The molecule has 1 heterocycles. The Morgan fingerprint density at radius 3 is 2.89 bits per heavy atom. The van der Waals surface area contributed by atoms with Crippen LogP contribution in [0.15, 0.2) is 24.4 Å². The molecule has 0 aliphatic rings. The number of aromatic amines is 1. The highest BCUT2D eigenvalue weighted by atomic mass is 19.1. The first-order chi connectivity index (χ1) is 8.58. The number of nitrogens with one attached hydrogen (secondary N) is 2. The fourth-order valence-electron chi connectivity index (χ4n) is 1.66. The minimum atomic E-state index is -0.412. The number of carbonyl (C=O) groups is 1. The molecule has 0 radical (unpaired) electrons. The smallest absolute Gasteiger partial charge is 0.251 e. The molecule has 1 aromatic carbocycles. The third-order valence-corrected chi connectivity index (χ3v) is 2.82. The lowest BCUT2D eigenvalue weighted by Crippen LogP contribution is -2.23. The molecule has 0 unspecified atom stereocenters. The van der Waals surface area contributed by atoms with Crippen molar-refractivity contribution in [2.75, 3.05) is 0 Å². The van der Waals surface area contributed by atoms with Gasteiger partial charge in [0.1, 0.15) is 5.82 Å². The van der Waals surface area contributed by atoms with E-state index in [1.54, 1.807) is 19.2 Å². The number of benzene rings is 1. The van der Waals surface area contributed by atoms with Gasteiger partial charge in [-0.15, -0.1) is 0 Å². The topological polar surface area (TPSA) is 57.8 Å². The normalized spacial score (nSPS) is 10.4. The number of aryl methyl sites for hydroxylation is 2. The monoisotopic (exact) mass is 247 g/mol. The lowest BCUT2D eigenvalue weighted by molar-refractivity contribution is 0.0950. The Morgan fingerprint density at radius 1 is 1.44 bits per heavy atom. The van der Waals surface area contributed by atoms with Gasteiger partial charge in [-0.05, 0) is 31.5 Å². The lowest BCUT2D eigenvalue weighted by atomic mass is 10.1. The van der Waals surface area contributed by atoms with Crippen LogP contribution in [0.5, 0.6) is 0 Å². The van der Waals surface area contributed by atoms with Crippen molar-refractivity contribution in [3.63, 3.8) is 0 Å². The van der Waals surface area contributed by atoms with Crippen molar-refractivity contribution < 1.29 is 9.18 Å². The molecule has 0 aliphatic carbocycles. The molecule has 94 valence electrons. The summed E-state index contributed by atoms with van der Waals surface area (Å²) in [6.07, 6.45) is 1.66. The van der Waals surface area contributed by atoms with Crippen molar-refractivity contribution in [3.05, 3.63) is 52.6 Å². The van der Waals surface area contributed by atoms with E-state index in [2.05, 4.69) is 15.5 Å². The molecule has 4 nitrogen and oxygen atoms in total. The van der Waals surface area contributed by atoms with Crippen molar-refractivity contribution in [2.45, 2.75) is 20.4 Å². The van der Waals surface area contributed by atoms with Crippen molar-refractivity contribution in [1.29, 1.82) is 0 Å². The quantitative estimate of drug-likeness (QED) is 0.872. The van der Waals surface area contributed by atoms with Gasteiger partial charge in [-0.2, -0.15) is 5.10 Å². The Hall–Kier alpha value is -2.17. The fourth-order valence-corrected chi connectivity index (χ4v) is 1.66. The highest BCUT2D eigenvalue weighted by Crippen LogP contribution is 2.10. The molecular formula is C13H14FN3O. The second-order valence-corrected chi connectivity index (χ2v) is 4.16. The van der Waals surface area contributed by atoms with Gasteiger partial charge in [0.05, 0.1) is 6.20 Å². The summed E-state index contributed by atoms with van der Waals surface area (Å²) in [4.78, 5) is 11.9. The lowest BCUT2D eigenvalue weighted by Gasteiger charge is -2.07. The molecule has 1 amide bonds. The number of halogens is 1. The number of hydrogen-bond acceptors (Lipinski definition) is 2. The van der Waals surface area contributed by atoms with Crippen LogP contribution in [0.3, 0.4) is 0 Å². The Bertz CT molecular complexity index is 577. The number of hydrogen-bond donors (Lipinski definition) is 2. The van der Waals surface area contributed by atoms with Crippen LogP contribution in [0.1, 0.15) is 27.2 Å². The standard InChI is InChI=1S/C13H14FN3O/c1-8-3-4-11(14)5-12(8)13(18)15-6-10-7-16-17-9(10)2/h3-5,7H,6H2,1-2H3,(H,15,18)(H,16,17). The van der Waals surface area contributed by atoms with Gasteiger partial charge < -0.3 is 5.32 Å². The van der Waals surface area contributed by atoms with E-state index in [1.807, 2.05) is 6.92 Å². The second kappa shape index (κ2) is 5.00. The van der Waals surface area contributed by atoms with Crippen molar-refractivity contribution in [3.8, 4) is 0 Å². The van der Waals surface area contributed by atoms with Gasteiger partial charge in [0.15, 0.2) is 0 Å². The number of amides is 1. The number of rotatable bonds is 3. The van der Waals surface area contributed by atoms with Crippen molar-refractivity contribution >= 4 is 5.91 Å². The van der Waals surface area contributed by atoms with Crippen molar-refractivity contribution in [1.82, 2.24) is 15.5 Å². The Kier molecular flexibility index (Phi) is 3.41. The molecule has 5 heteroatoms. The van der Waals surface area contributed by atoms with Gasteiger partial charge in [0, 0.05) is 23.4 Å². The Morgan fingerprint density at radius 2 is 2.22 bits per heavy atom. The van der Waals surface area contributed by atoms with Crippen LogP contribution in [-0.4, -0.2) is 16.1 Å². The maximum Gasteiger partial charge on any atom is 0.251 e. The predicted octanol–water partition coefficient (Wildman–Crippen LogP) is 2.10. The summed E-state index contributed by atoms with van der Waals surface area (Å²) in [5, 5.41) is 9.40. The molecule has 0 spiro atoms. The minimum absolute atomic E-state index is 0.285. The van der Waals surface area contributed by atoms with Crippen molar-refractivity contribution in [2.24, 2.45) is 0 Å². The maximum atomic E-state index is 13.1.